The molecule has 0 aromatic heterocycles. The monoisotopic (exact) mass is 738 g/mol. The van der Waals surface area contributed by atoms with Gasteiger partial charge < -0.3 is 18.0 Å². The van der Waals surface area contributed by atoms with Crippen molar-refractivity contribution in [3.8, 4) is 11.8 Å². The van der Waals surface area contributed by atoms with Gasteiger partial charge in [-0.3, -0.25) is 4.79 Å². The van der Waals surface area contributed by atoms with Crippen LogP contribution in [0.4, 0.5) is 0 Å². The minimum absolute atomic E-state index is 0.00396. The molecule has 1 fully saturated rings. The number of hydrogen-bond acceptors (Lipinski definition) is 6. The molecule has 0 aliphatic heterocycles. The van der Waals surface area contributed by atoms with Crippen molar-refractivity contribution in [3.63, 3.8) is 0 Å². The molecule has 2 aliphatic carbocycles. The highest BCUT2D eigenvalue weighted by Crippen LogP contribution is 2.47. The van der Waals surface area contributed by atoms with E-state index < -0.39 is 25.0 Å². The molecule has 1 saturated carbocycles. The quantitative estimate of drug-likeness (QED) is 0.0765. The number of thioether (sulfide) groups is 1. The first-order chi connectivity index (χ1) is 21.8. The molecule has 0 unspecified atom stereocenters. The summed E-state index contributed by atoms with van der Waals surface area (Å²) in [5.74, 6) is 10.6. The third-order valence-corrected chi connectivity index (χ3v) is 26.4. The van der Waals surface area contributed by atoms with Gasteiger partial charge in [0.05, 0.1) is 30.6 Å². The molecule has 0 bridgehead atoms. The van der Waals surface area contributed by atoms with E-state index in [1.54, 1.807) is 11.8 Å². The summed E-state index contributed by atoms with van der Waals surface area (Å²) in [7, 11) is -4.76. The number of hydrogen-bond donors (Lipinski definition) is 0. The normalized spacial score (nSPS) is 21.2. The molecule has 0 spiro atoms. The van der Waals surface area contributed by atoms with Crippen molar-refractivity contribution in [2.24, 2.45) is 11.8 Å². The predicted octanol–water partition coefficient (Wildman–Crippen LogP) is 11.7. The zero-order valence-corrected chi connectivity index (χ0v) is 37.9. The fourth-order valence-electron chi connectivity index (χ4n) is 5.62. The van der Waals surface area contributed by atoms with Crippen LogP contribution in [0.5, 0.6) is 0 Å². The third-order valence-electron chi connectivity index (χ3n) is 12.0. The van der Waals surface area contributed by atoms with Crippen LogP contribution in [0.2, 0.25) is 54.4 Å². The van der Waals surface area contributed by atoms with Crippen molar-refractivity contribution >= 4 is 42.7 Å². The van der Waals surface area contributed by atoms with E-state index in [9.17, 15) is 4.79 Å². The number of esters is 1. The molecular weight excluding hydrogens is 665 g/mol. The Morgan fingerprint density at radius 2 is 1.40 bits per heavy atom. The lowest BCUT2D eigenvalue weighted by atomic mass is 9.85. The Balaban J connectivity index is 2.60. The van der Waals surface area contributed by atoms with Gasteiger partial charge in [-0.15, -0.1) is 0 Å². The molecule has 0 saturated heterocycles. The molecule has 0 radical (unpaired) electrons. The Morgan fingerprint density at radius 1 is 0.833 bits per heavy atom. The largest absolute Gasteiger partial charge is 0.546 e. The van der Waals surface area contributed by atoms with Gasteiger partial charge in [0.15, 0.2) is 16.6 Å². The van der Waals surface area contributed by atoms with Crippen molar-refractivity contribution in [1.29, 1.82) is 0 Å². The van der Waals surface area contributed by atoms with E-state index in [1.807, 2.05) is 0 Å². The van der Waals surface area contributed by atoms with E-state index in [4.69, 9.17) is 18.0 Å². The lowest BCUT2D eigenvalue weighted by Crippen LogP contribution is -2.46. The standard InChI is InChI=1S/C39H74O5SSi3/c1-37(2,3)46(11,12)42-33(30-22-18-17-19-23-30)26-25-32-31(24-20-21-27-45-29-36(40)41-10)34(43-47(13,14)38(4,5)6)28-35(32)44-48(15,16)39(7,8)9/h30,32-33,35H,17-24,27-29H2,1-16H3/t32-,33-,35-/m1/s1. The highest BCUT2D eigenvalue weighted by atomic mass is 32.2. The first kappa shape index (κ1) is 43.7. The molecular formula is C39H74O5SSi3. The van der Waals surface area contributed by atoms with E-state index in [1.165, 1.54) is 44.8 Å². The Labute approximate surface area is 304 Å². The average Bonchev–Trinajstić information content (AvgIpc) is 3.24. The van der Waals surface area contributed by atoms with E-state index in [-0.39, 0.29) is 39.2 Å². The molecule has 2 aliphatic rings. The SMILES string of the molecule is COC(=O)CSCCCCC1=C(O[Si](C)(C)C(C)(C)C)C[C@@H](O[Si](C)(C)C(C)(C)C)[C@@H]1C#C[C@@H](O[Si](C)(C)C(C)(C)C)C1CCCCC1. The number of rotatable bonds is 14. The summed E-state index contributed by atoms with van der Waals surface area (Å²) < 4.78 is 26.5. The fourth-order valence-corrected chi connectivity index (χ4v) is 10.2. The maximum absolute atomic E-state index is 11.7. The van der Waals surface area contributed by atoms with E-state index in [2.05, 4.69) is 113 Å². The van der Waals surface area contributed by atoms with Gasteiger partial charge in [-0.25, -0.2) is 0 Å². The summed E-state index contributed by atoms with van der Waals surface area (Å²) in [6.45, 7) is 35.1. The Hall–Kier alpha value is -0.509. The first-order valence-corrected chi connectivity index (χ1v) is 28.6. The van der Waals surface area contributed by atoms with Crippen LogP contribution in [0.15, 0.2) is 11.3 Å². The van der Waals surface area contributed by atoms with Crippen molar-refractivity contribution in [2.45, 2.75) is 187 Å². The van der Waals surface area contributed by atoms with Crippen LogP contribution >= 0.6 is 11.8 Å². The Bertz CT molecular complexity index is 1140. The highest BCUT2D eigenvalue weighted by molar-refractivity contribution is 7.99. The van der Waals surface area contributed by atoms with Gasteiger partial charge in [-0.05, 0) is 104 Å². The molecule has 5 nitrogen and oxygen atoms in total. The summed E-state index contributed by atoms with van der Waals surface area (Å²) in [6.07, 6.45) is 10.0. The van der Waals surface area contributed by atoms with Crippen molar-refractivity contribution in [3.05, 3.63) is 11.3 Å². The Kier molecular flexibility index (Phi) is 15.8. The lowest BCUT2D eigenvalue weighted by molar-refractivity contribution is -0.137. The fraction of sp³-hybridized carbons (Fsp3) is 0.872. The first-order valence-electron chi connectivity index (χ1n) is 18.7. The minimum atomic E-state index is -2.09. The van der Waals surface area contributed by atoms with Gasteiger partial charge in [0.1, 0.15) is 6.10 Å². The second-order valence-electron chi connectivity index (χ2n) is 19.0. The van der Waals surface area contributed by atoms with Crippen LogP contribution in [-0.2, 0) is 22.8 Å². The van der Waals surface area contributed by atoms with Gasteiger partial charge in [0.25, 0.3) is 0 Å². The molecule has 9 heteroatoms. The van der Waals surface area contributed by atoms with Gasteiger partial charge in [-0.2, -0.15) is 11.8 Å². The van der Waals surface area contributed by atoms with Crippen LogP contribution in [0.25, 0.3) is 0 Å². The lowest BCUT2D eigenvalue weighted by Gasteiger charge is -2.41. The summed E-state index contributed by atoms with van der Waals surface area (Å²) in [6, 6.07) is 0. The van der Waals surface area contributed by atoms with Gasteiger partial charge in [0, 0.05) is 6.42 Å². The molecule has 278 valence electrons. The second kappa shape index (κ2) is 17.3. The summed E-state index contributed by atoms with van der Waals surface area (Å²) in [5.41, 5.74) is 1.35. The zero-order valence-electron chi connectivity index (χ0n) is 34.0. The van der Waals surface area contributed by atoms with Crippen LogP contribution in [-0.4, -0.2) is 61.7 Å². The molecule has 0 heterocycles. The third kappa shape index (κ3) is 12.3. The maximum Gasteiger partial charge on any atom is 0.315 e. The average molecular weight is 739 g/mol. The van der Waals surface area contributed by atoms with Crippen LogP contribution < -0.4 is 0 Å². The van der Waals surface area contributed by atoms with Crippen LogP contribution in [0.1, 0.15) is 120 Å². The molecule has 0 N–H and O–H groups in total. The molecule has 3 atom stereocenters. The van der Waals surface area contributed by atoms with Crippen molar-refractivity contribution in [2.75, 3.05) is 18.6 Å². The number of ether oxygens (including phenoxy) is 1. The highest BCUT2D eigenvalue weighted by Gasteiger charge is 2.47. The van der Waals surface area contributed by atoms with Gasteiger partial charge >= 0.3 is 5.97 Å². The number of carbonyl (C=O) groups excluding carboxylic acids is 1. The van der Waals surface area contributed by atoms with Crippen LogP contribution in [0.3, 0.4) is 0 Å². The molecule has 0 aromatic carbocycles. The van der Waals surface area contributed by atoms with E-state index in [0.717, 1.165) is 37.2 Å². The van der Waals surface area contributed by atoms with Gasteiger partial charge in [0.2, 0.25) is 8.32 Å². The summed E-state index contributed by atoms with van der Waals surface area (Å²) in [4.78, 5) is 11.7. The number of carbonyl (C=O) groups is 1. The van der Waals surface area contributed by atoms with Gasteiger partial charge in [-0.1, -0.05) is 93.4 Å². The molecule has 0 amide bonds. The zero-order chi connectivity index (χ0) is 36.8. The van der Waals surface area contributed by atoms with Crippen molar-refractivity contribution < 1.29 is 22.8 Å². The second-order valence-corrected chi connectivity index (χ2v) is 34.3. The minimum Gasteiger partial charge on any atom is -0.546 e. The van der Waals surface area contributed by atoms with E-state index >= 15 is 0 Å². The maximum atomic E-state index is 11.7. The smallest absolute Gasteiger partial charge is 0.315 e. The van der Waals surface area contributed by atoms with Crippen LogP contribution in [0, 0.1) is 23.7 Å². The molecule has 48 heavy (non-hydrogen) atoms. The summed E-state index contributed by atoms with van der Waals surface area (Å²) in [5, 5.41) is 0.323. The molecule has 0 aromatic rings. The topological polar surface area (TPSA) is 54.0 Å². The Morgan fingerprint density at radius 3 is 1.92 bits per heavy atom. The molecule has 2 rings (SSSR count). The summed E-state index contributed by atoms with van der Waals surface area (Å²) >= 11 is 1.66. The van der Waals surface area contributed by atoms with Crippen molar-refractivity contribution in [1.82, 2.24) is 0 Å². The number of unbranched alkanes of at least 4 members (excludes halogenated alkanes) is 1. The predicted molar refractivity (Wildman–Crippen MR) is 215 cm³/mol. The van der Waals surface area contributed by atoms with E-state index in [0.29, 0.717) is 11.7 Å². The number of methoxy groups -OCH3 is 1.